The Morgan fingerprint density at radius 2 is 1.80 bits per heavy atom. The van der Waals surface area contributed by atoms with Crippen molar-refractivity contribution in [1.82, 2.24) is 15.2 Å². The number of aromatic amines is 1. The van der Waals surface area contributed by atoms with Crippen molar-refractivity contribution in [2.45, 2.75) is 70.3 Å². The summed E-state index contributed by atoms with van der Waals surface area (Å²) in [7, 11) is 0. The molecule has 112 valence electrons. The van der Waals surface area contributed by atoms with E-state index in [2.05, 4.69) is 25.7 Å². The number of hydrogen-bond acceptors (Lipinski definition) is 5. The number of rotatable bonds is 2. The fourth-order valence-electron chi connectivity index (χ4n) is 2.77. The summed E-state index contributed by atoms with van der Waals surface area (Å²) in [5.41, 5.74) is 0.835. The summed E-state index contributed by atoms with van der Waals surface area (Å²) in [5.74, 6) is 0.642. The van der Waals surface area contributed by atoms with Crippen LogP contribution in [-0.4, -0.2) is 32.1 Å². The molecule has 0 amide bonds. The van der Waals surface area contributed by atoms with Gasteiger partial charge < -0.3 is 10.5 Å². The van der Waals surface area contributed by atoms with Gasteiger partial charge >= 0.3 is 0 Å². The number of anilines is 1. The fraction of sp³-hybridized carbons (Fsp3) is 0.786. The fourth-order valence-corrected chi connectivity index (χ4v) is 2.77. The molecule has 0 spiro atoms. The molecular formula is C14H25N5O. The van der Waals surface area contributed by atoms with Crippen molar-refractivity contribution < 1.29 is 5.21 Å². The van der Waals surface area contributed by atoms with E-state index in [9.17, 15) is 5.21 Å². The zero-order valence-electron chi connectivity index (χ0n) is 12.0. The van der Waals surface area contributed by atoms with E-state index < -0.39 is 0 Å². The first-order chi connectivity index (χ1) is 9.90. The normalized spacial score (nSPS) is 24.8. The molecule has 1 aromatic rings. The third-order valence-electron chi connectivity index (χ3n) is 3.93. The van der Waals surface area contributed by atoms with Crippen LogP contribution in [0.25, 0.3) is 0 Å². The highest BCUT2D eigenvalue weighted by molar-refractivity contribution is 5.91. The van der Waals surface area contributed by atoms with Gasteiger partial charge in [0.15, 0.2) is 0 Å². The highest BCUT2D eigenvalue weighted by atomic mass is 16.4. The molecule has 0 bridgehead atoms. The smallest absolute Gasteiger partial charge is 0.218 e. The van der Waals surface area contributed by atoms with Gasteiger partial charge in [0.05, 0.1) is 11.8 Å². The molecule has 1 saturated carbocycles. The summed E-state index contributed by atoms with van der Waals surface area (Å²) < 4.78 is 0. The average molecular weight is 279 g/mol. The molecule has 1 atom stereocenters. The van der Waals surface area contributed by atoms with Crippen LogP contribution in [0.1, 0.15) is 64.2 Å². The van der Waals surface area contributed by atoms with Crippen LogP contribution < -0.4 is 5.32 Å². The van der Waals surface area contributed by atoms with Gasteiger partial charge in [-0.1, -0.05) is 50.1 Å². The minimum atomic E-state index is 0.0485. The SMILES string of the molecule is O/N=C1/CCCCCCCCCC[C@@H]1Nc1ncn[nH]1. The standard InChI is InChI=1S/C14H25N5O/c20-19-13-10-8-6-4-2-1-3-5-7-9-12(13)17-14-15-11-16-18-14/h11-12,20H,1-10H2,(H2,15,16,17,18)/b19-13-/t12-/m0/s1. The number of H-pyrrole nitrogens is 1. The Kier molecular flexibility index (Phi) is 6.34. The molecule has 1 fully saturated rings. The molecule has 1 aliphatic rings. The van der Waals surface area contributed by atoms with E-state index in [1.54, 1.807) is 0 Å². The van der Waals surface area contributed by atoms with Crippen molar-refractivity contribution in [2.75, 3.05) is 5.32 Å². The lowest BCUT2D eigenvalue weighted by Crippen LogP contribution is -2.30. The Bertz CT molecular complexity index is 390. The number of nitrogens with zero attached hydrogens (tertiary/aromatic N) is 3. The van der Waals surface area contributed by atoms with Crippen molar-refractivity contribution in [3.8, 4) is 0 Å². The Morgan fingerprint density at radius 1 is 1.10 bits per heavy atom. The summed E-state index contributed by atoms with van der Waals surface area (Å²) in [6, 6.07) is 0.0485. The van der Waals surface area contributed by atoms with Crippen LogP contribution in [0, 0.1) is 0 Å². The molecule has 6 nitrogen and oxygen atoms in total. The van der Waals surface area contributed by atoms with Crippen LogP contribution >= 0.6 is 0 Å². The van der Waals surface area contributed by atoms with Crippen LogP contribution in [0.4, 0.5) is 5.95 Å². The molecule has 1 heterocycles. The minimum absolute atomic E-state index is 0.0485. The van der Waals surface area contributed by atoms with Crippen molar-refractivity contribution in [2.24, 2.45) is 5.16 Å². The zero-order chi connectivity index (χ0) is 14.0. The molecule has 6 heteroatoms. The lowest BCUT2D eigenvalue weighted by molar-refractivity contribution is 0.314. The number of hydrogen-bond donors (Lipinski definition) is 3. The summed E-state index contributed by atoms with van der Waals surface area (Å²) in [6.45, 7) is 0. The monoisotopic (exact) mass is 279 g/mol. The van der Waals surface area contributed by atoms with Crippen LogP contribution in [0.2, 0.25) is 0 Å². The zero-order valence-corrected chi connectivity index (χ0v) is 12.0. The molecule has 1 aromatic heterocycles. The Balaban J connectivity index is 1.97. The van der Waals surface area contributed by atoms with Crippen LogP contribution in [-0.2, 0) is 0 Å². The molecule has 0 aliphatic heterocycles. The van der Waals surface area contributed by atoms with Gasteiger partial charge in [-0.2, -0.15) is 5.10 Å². The van der Waals surface area contributed by atoms with Gasteiger partial charge in [0.1, 0.15) is 6.33 Å². The molecule has 20 heavy (non-hydrogen) atoms. The quantitative estimate of drug-likeness (QED) is 0.572. The van der Waals surface area contributed by atoms with Gasteiger partial charge in [-0.05, 0) is 19.3 Å². The Morgan fingerprint density at radius 3 is 2.45 bits per heavy atom. The average Bonchev–Trinajstić information content (AvgIpc) is 2.95. The molecule has 0 radical (unpaired) electrons. The van der Waals surface area contributed by atoms with E-state index in [1.807, 2.05) is 0 Å². The summed E-state index contributed by atoms with van der Waals surface area (Å²) in [4.78, 5) is 4.09. The van der Waals surface area contributed by atoms with Crippen LogP contribution in [0.3, 0.4) is 0 Å². The van der Waals surface area contributed by atoms with Crippen molar-refractivity contribution in [3.63, 3.8) is 0 Å². The molecule has 1 aliphatic carbocycles. The lowest BCUT2D eigenvalue weighted by Gasteiger charge is -2.20. The van der Waals surface area contributed by atoms with E-state index in [0.29, 0.717) is 5.95 Å². The maximum Gasteiger partial charge on any atom is 0.218 e. The first kappa shape index (κ1) is 14.8. The summed E-state index contributed by atoms with van der Waals surface area (Å²) >= 11 is 0. The van der Waals surface area contributed by atoms with Gasteiger partial charge in [0.2, 0.25) is 5.95 Å². The van der Waals surface area contributed by atoms with Gasteiger partial charge in [-0.25, -0.2) is 10.1 Å². The predicted molar refractivity (Wildman–Crippen MR) is 79.2 cm³/mol. The van der Waals surface area contributed by atoms with Gasteiger partial charge in [-0.3, -0.25) is 0 Å². The Labute approximate surface area is 120 Å². The first-order valence-electron chi connectivity index (χ1n) is 7.73. The summed E-state index contributed by atoms with van der Waals surface area (Å²) in [6.07, 6.45) is 13.3. The van der Waals surface area contributed by atoms with Gasteiger partial charge in [-0.15, -0.1) is 0 Å². The van der Waals surface area contributed by atoms with E-state index in [1.165, 1.54) is 44.9 Å². The lowest BCUT2D eigenvalue weighted by atomic mass is 9.96. The largest absolute Gasteiger partial charge is 0.411 e. The minimum Gasteiger partial charge on any atom is -0.411 e. The number of nitrogens with one attached hydrogen (secondary N) is 2. The molecular weight excluding hydrogens is 254 g/mol. The van der Waals surface area contributed by atoms with E-state index >= 15 is 0 Å². The molecule has 0 saturated heterocycles. The molecule has 2 rings (SSSR count). The van der Waals surface area contributed by atoms with Crippen molar-refractivity contribution in [3.05, 3.63) is 6.33 Å². The number of oxime groups is 1. The van der Waals surface area contributed by atoms with Crippen molar-refractivity contribution >= 4 is 11.7 Å². The Hall–Kier alpha value is -1.59. The molecule has 3 N–H and O–H groups in total. The second-order valence-electron chi connectivity index (χ2n) is 5.49. The molecule has 0 unspecified atom stereocenters. The maximum atomic E-state index is 9.30. The van der Waals surface area contributed by atoms with Crippen molar-refractivity contribution in [1.29, 1.82) is 0 Å². The van der Waals surface area contributed by atoms with Crippen LogP contribution in [0.5, 0.6) is 0 Å². The van der Waals surface area contributed by atoms with E-state index in [-0.39, 0.29) is 6.04 Å². The van der Waals surface area contributed by atoms with E-state index in [4.69, 9.17) is 0 Å². The first-order valence-corrected chi connectivity index (χ1v) is 7.73. The maximum absolute atomic E-state index is 9.30. The number of aromatic nitrogens is 3. The van der Waals surface area contributed by atoms with Gasteiger partial charge in [0, 0.05) is 0 Å². The second-order valence-corrected chi connectivity index (χ2v) is 5.49. The predicted octanol–water partition coefficient (Wildman–Crippen LogP) is 3.33. The highest BCUT2D eigenvalue weighted by Gasteiger charge is 2.17. The van der Waals surface area contributed by atoms with Crippen LogP contribution in [0.15, 0.2) is 11.5 Å². The second kappa shape index (κ2) is 8.55. The third-order valence-corrected chi connectivity index (χ3v) is 3.93. The third kappa shape index (κ3) is 4.83. The molecule has 0 aromatic carbocycles. The topological polar surface area (TPSA) is 86.2 Å². The van der Waals surface area contributed by atoms with E-state index in [0.717, 1.165) is 31.4 Å². The summed E-state index contributed by atoms with van der Waals surface area (Å²) in [5, 5.41) is 22.8. The highest BCUT2D eigenvalue weighted by Crippen LogP contribution is 2.17. The van der Waals surface area contributed by atoms with Gasteiger partial charge in [0.25, 0.3) is 0 Å².